The standard InChI is InChI=1S/C18H28N4O3/c1-4-25-16-8-6-5-7-15(16)13-21-9-10-22(14(2)12-21)17(23)11-20-18(24)19-3/h5-8,14H,4,9-13H2,1-3H3,(H2,19,20,24)/t14-/m0/s1. The zero-order valence-corrected chi connectivity index (χ0v) is 15.2. The van der Waals surface area contributed by atoms with Gasteiger partial charge in [0.1, 0.15) is 5.75 Å². The lowest BCUT2D eigenvalue weighted by molar-refractivity contribution is -0.134. The van der Waals surface area contributed by atoms with Crippen LogP contribution in [-0.2, 0) is 11.3 Å². The van der Waals surface area contributed by atoms with Crippen LogP contribution in [0.5, 0.6) is 5.75 Å². The van der Waals surface area contributed by atoms with Gasteiger partial charge in [-0.25, -0.2) is 4.79 Å². The topological polar surface area (TPSA) is 73.9 Å². The van der Waals surface area contributed by atoms with Gasteiger partial charge in [-0.3, -0.25) is 9.69 Å². The zero-order chi connectivity index (χ0) is 18.2. The number of hydrogen-bond donors (Lipinski definition) is 2. The fourth-order valence-electron chi connectivity index (χ4n) is 3.06. The largest absolute Gasteiger partial charge is 0.494 e. The van der Waals surface area contributed by atoms with Gasteiger partial charge in [0.15, 0.2) is 0 Å². The number of rotatable bonds is 6. The Kier molecular flexibility index (Phi) is 7.06. The fourth-order valence-corrected chi connectivity index (χ4v) is 3.06. The molecule has 1 aromatic carbocycles. The highest BCUT2D eigenvalue weighted by Crippen LogP contribution is 2.21. The molecular weight excluding hydrogens is 320 g/mol. The smallest absolute Gasteiger partial charge is 0.314 e. The number of hydrogen-bond acceptors (Lipinski definition) is 4. The number of carbonyl (C=O) groups excluding carboxylic acids is 2. The zero-order valence-electron chi connectivity index (χ0n) is 15.2. The summed E-state index contributed by atoms with van der Waals surface area (Å²) in [5, 5.41) is 4.99. The van der Waals surface area contributed by atoms with E-state index in [2.05, 4.69) is 21.6 Å². The van der Waals surface area contributed by atoms with Crippen LogP contribution < -0.4 is 15.4 Å². The maximum absolute atomic E-state index is 12.3. The molecule has 7 heteroatoms. The summed E-state index contributed by atoms with van der Waals surface area (Å²) in [7, 11) is 1.53. The average molecular weight is 348 g/mol. The van der Waals surface area contributed by atoms with Gasteiger partial charge in [-0.05, 0) is 19.9 Å². The van der Waals surface area contributed by atoms with Crippen LogP contribution in [0.25, 0.3) is 0 Å². The van der Waals surface area contributed by atoms with E-state index in [1.807, 2.05) is 36.9 Å². The number of nitrogens with one attached hydrogen (secondary N) is 2. The Balaban J connectivity index is 1.89. The van der Waals surface area contributed by atoms with Crippen LogP contribution in [0.1, 0.15) is 19.4 Å². The van der Waals surface area contributed by atoms with Crippen molar-refractivity contribution in [1.82, 2.24) is 20.4 Å². The van der Waals surface area contributed by atoms with Crippen molar-refractivity contribution >= 4 is 11.9 Å². The van der Waals surface area contributed by atoms with Crippen molar-refractivity contribution < 1.29 is 14.3 Å². The molecular formula is C18H28N4O3. The molecule has 0 aromatic heterocycles. The second-order valence-electron chi connectivity index (χ2n) is 6.14. The van der Waals surface area contributed by atoms with Crippen LogP contribution in [0.4, 0.5) is 4.79 Å². The number of amides is 3. The lowest BCUT2D eigenvalue weighted by atomic mass is 10.1. The van der Waals surface area contributed by atoms with Gasteiger partial charge in [-0.15, -0.1) is 0 Å². The minimum atomic E-state index is -0.341. The summed E-state index contributed by atoms with van der Waals surface area (Å²) in [5.74, 6) is 0.872. The summed E-state index contributed by atoms with van der Waals surface area (Å²) in [6.07, 6.45) is 0. The van der Waals surface area contributed by atoms with E-state index in [1.165, 1.54) is 7.05 Å². The Hall–Kier alpha value is -2.28. The molecule has 0 aliphatic carbocycles. The average Bonchev–Trinajstić information content (AvgIpc) is 2.61. The van der Waals surface area contributed by atoms with Crippen LogP contribution in [0.2, 0.25) is 0 Å². The Bertz CT molecular complexity index is 593. The summed E-state index contributed by atoms with van der Waals surface area (Å²) in [6.45, 7) is 7.76. The summed E-state index contributed by atoms with van der Waals surface area (Å²) in [6, 6.07) is 7.84. The molecule has 1 fully saturated rings. The number of nitrogens with zero attached hydrogens (tertiary/aromatic N) is 2. The Labute approximate surface area is 149 Å². The lowest BCUT2D eigenvalue weighted by Crippen LogP contribution is -2.55. The molecule has 2 rings (SSSR count). The van der Waals surface area contributed by atoms with Crippen molar-refractivity contribution in [3.8, 4) is 5.75 Å². The molecule has 7 nitrogen and oxygen atoms in total. The quantitative estimate of drug-likeness (QED) is 0.806. The third-order valence-electron chi connectivity index (χ3n) is 4.33. The van der Waals surface area contributed by atoms with Gasteiger partial charge in [0.2, 0.25) is 5.91 Å². The minimum Gasteiger partial charge on any atom is -0.494 e. The van der Waals surface area contributed by atoms with Crippen LogP contribution in [0.15, 0.2) is 24.3 Å². The molecule has 1 heterocycles. The van der Waals surface area contributed by atoms with E-state index >= 15 is 0 Å². The minimum absolute atomic E-state index is 0.0250. The Morgan fingerprint density at radius 3 is 2.72 bits per heavy atom. The highest BCUT2D eigenvalue weighted by Gasteiger charge is 2.27. The third kappa shape index (κ3) is 5.35. The second-order valence-corrected chi connectivity index (χ2v) is 6.14. The first-order chi connectivity index (χ1) is 12.0. The van der Waals surface area contributed by atoms with Crippen molar-refractivity contribution in [2.45, 2.75) is 26.4 Å². The summed E-state index contributed by atoms with van der Waals surface area (Å²) in [5.41, 5.74) is 1.16. The molecule has 1 aliphatic rings. The highest BCUT2D eigenvalue weighted by atomic mass is 16.5. The molecule has 0 saturated carbocycles. The van der Waals surface area contributed by atoms with Crippen molar-refractivity contribution in [1.29, 1.82) is 0 Å². The van der Waals surface area contributed by atoms with E-state index in [0.29, 0.717) is 13.2 Å². The Morgan fingerprint density at radius 1 is 1.28 bits per heavy atom. The molecule has 1 aliphatic heterocycles. The molecule has 138 valence electrons. The SMILES string of the molecule is CCOc1ccccc1CN1CCN(C(=O)CNC(=O)NC)[C@@H](C)C1. The maximum Gasteiger partial charge on any atom is 0.314 e. The molecule has 0 bridgehead atoms. The van der Waals surface area contributed by atoms with E-state index in [9.17, 15) is 9.59 Å². The van der Waals surface area contributed by atoms with Gasteiger partial charge in [-0.1, -0.05) is 18.2 Å². The number of piperazine rings is 1. The lowest BCUT2D eigenvalue weighted by Gasteiger charge is -2.40. The molecule has 1 saturated heterocycles. The summed E-state index contributed by atoms with van der Waals surface area (Å²) >= 11 is 0. The van der Waals surface area contributed by atoms with E-state index in [1.54, 1.807) is 0 Å². The molecule has 1 aromatic rings. The molecule has 0 spiro atoms. The van der Waals surface area contributed by atoms with Gasteiger partial charge in [-0.2, -0.15) is 0 Å². The molecule has 0 radical (unpaired) electrons. The molecule has 1 atom stereocenters. The van der Waals surface area contributed by atoms with E-state index in [0.717, 1.165) is 30.9 Å². The highest BCUT2D eigenvalue weighted by molar-refractivity contribution is 5.84. The number of para-hydroxylation sites is 1. The first-order valence-corrected chi connectivity index (χ1v) is 8.73. The van der Waals surface area contributed by atoms with Crippen molar-refractivity contribution in [2.75, 3.05) is 39.8 Å². The number of ether oxygens (including phenoxy) is 1. The maximum atomic E-state index is 12.3. The van der Waals surface area contributed by atoms with Crippen molar-refractivity contribution in [3.05, 3.63) is 29.8 Å². The van der Waals surface area contributed by atoms with Gasteiger partial charge >= 0.3 is 6.03 Å². The monoisotopic (exact) mass is 348 g/mol. The number of benzene rings is 1. The van der Waals surface area contributed by atoms with Gasteiger partial charge in [0, 0.05) is 44.8 Å². The third-order valence-corrected chi connectivity index (χ3v) is 4.33. The molecule has 0 unspecified atom stereocenters. The normalized spacial score (nSPS) is 17.9. The first-order valence-electron chi connectivity index (χ1n) is 8.73. The number of urea groups is 1. The van der Waals surface area contributed by atoms with Gasteiger partial charge < -0.3 is 20.3 Å². The van der Waals surface area contributed by atoms with Crippen LogP contribution in [-0.4, -0.2) is 67.6 Å². The fraction of sp³-hybridized carbons (Fsp3) is 0.556. The molecule has 2 N–H and O–H groups in total. The number of carbonyl (C=O) groups is 2. The van der Waals surface area contributed by atoms with E-state index in [-0.39, 0.29) is 24.5 Å². The van der Waals surface area contributed by atoms with Crippen molar-refractivity contribution in [2.24, 2.45) is 0 Å². The second kappa shape index (κ2) is 9.27. The Morgan fingerprint density at radius 2 is 2.04 bits per heavy atom. The van der Waals surface area contributed by atoms with Crippen LogP contribution in [0, 0.1) is 0 Å². The van der Waals surface area contributed by atoms with Crippen LogP contribution >= 0.6 is 0 Å². The van der Waals surface area contributed by atoms with Crippen LogP contribution in [0.3, 0.4) is 0 Å². The van der Waals surface area contributed by atoms with Crippen molar-refractivity contribution in [3.63, 3.8) is 0 Å². The first kappa shape index (κ1) is 19.1. The summed E-state index contributed by atoms with van der Waals surface area (Å²) < 4.78 is 5.69. The predicted octanol–water partition coefficient (Wildman–Crippen LogP) is 1.05. The summed E-state index contributed by atoms with van der Waals surface area (Å²) in [4.78, 5) is 27.7. The van der Waals surface area contributed by atoms with E-state index in [4.69, 9.17) is 4.74 Å². The molecule has 25 heavy (non-hydrogen) atoms. The predicted molar refractivity (Wildman–Crippen MR) is 96.5 cm³/mol. The van der Waals surface area contributed by atoms with Gasteiger partial charge in [0.25, 0.3) is 0 Å². The van der Waals surface area contributed by atoms with Gasteiger partial charge in [0.05, 0.1) is 13.2 Å². The van der Waals surface area contributed by atoms with E-state index < -0.39 is 0 Å². The molecule has 3 amide bonds.